The Morgan fingerprint density at radius 3 is 2.33 bits per heavy atom. The molecule has 2 atom stereocenters. The number of hydrogen-bond donors (Lipinski definition) is 1. The van der Waals surface area contributed by atoms with E-state index < -0.39 is 0 Å². The highest BCUT2D eigenvalue weighted by Gasteiger charge is 2.25. The van der Waals surface area contributed by atoms with Crippen molar-refractivity contribution in [2.24, 2.45) is 0 Å². The lowest BCUT2D eigenvalue weighted by Gasteiger charge is -2.27. The first-order chi connectivity index (χ1) is 10.3. The molecule has 0 bridgehead atoms. The van der Waals surface area contributed by atoms with Gasteiger partial charge in [0.2, 0.25) is 0 Å². The molecule has 2 rings (SSSR count). The SMILES string of the molecule is CNCC(OC)C(Oc1ccccc1Cl)c1ccccc1. The third-order valence-electron chi connectivity index (χ3n) is 3.26. The van der Waals surface area contributed by atoms with Crippen molar-refractivity contribution in [3.63, 3.8) is 0 Å². The van der Waals surface area contributed by atoms with Gasteiger partial charge in [0.25, 0.3) is 0 Å². The van der Waals surface area contributed by atoms with Crippen LogP contribution in [0.2, 0.25) is 5.02 Å². The number of nitrogens with one attached hydrogen (secondary N) is 1. The fourth-order valence-corrected chi connectivity index (χ4v) is 2.37. The van der Waals surface area contributed by atoms with Crippen LogP contribution in [0.4, 0.5) is 0 Å². The summed E-state index contributed by atoms with van der Waals surface area (Å²) in [5.41, 5.74) is 1.06. The second-order valence-electron chi connectivity index (χ2n) is 4.71. The van der Waals surface area contributed by atoms with Crippen LogP contribution in [0.3, 0.4) is 0 Å². The van der Waals surface area contributed by atoms with Gasteiger partial charge in [-0.25, -0.2) is 0 Å². The average molecular weight is 306 g/mol. The summed E-state index contributed by atoms with van der Waals surface area (Å²) >= 11 is 6.20. The molecule has 0 amide bonds. The number of likely N-dealkylation sites (N-methyl/N-ethyl adjacent to an activating group) is 1. The van der Waals surface area contributed by atoms with Crippen molar-refractivity contribution in [1.29, 1.82) is 0 Å². The molecule has 2 unspecified atom stereocenters. The number of methoxy groups -OCH3 is 1. The van der Waals surface area contributed by atoms with Crippen molar-refractivity contribution >= 4 is 11.6 Å². The van der Waals surface area contributed by atoms with Gasteiger partial charge in [-0.15, -0.1) is 0 Å². The van der Waals surface area contributed by atoms with Gasteiger partial charge >= 0.3 is 0 Å². The fraction of sp³-hybridized carbons (Fsp3) is 0.294. The van der Waals surface area contributed by atoms with E-state index in [4.69, 9.17) is 21.1 Å². The molecule has 0 saturated carbocycles. The summed E-state index contributed by atoms with van der Waals surface area (Å²) in [4.78, 5) is 0. The number of para-hydroxylation sites is 1. The second-order valence-corrected chi connectivity index (χ2v) is 5.12. The summed E-state index contributed by atoms with van der Waals surface area (Å²) in [6.07, 6.45) is -0.350. The Bertz CT molecular complexity index is 547. The summed E-state index contributed by atoms with van der Waals surface area (Å²) in [6.45, 7) is 0.681. The van der Waals surface area contributed by atoms with Crippen LogP contribution in [0.15, 0.2) is 54.6 Å². The number of benzene rings is 2. The van der Waals surface area contributed by atoms with Gasteiger partial charge in [-0.2, -0.15) is 0 Å². The molecule has 2 aromatic rings. The van der Waals surface area contributed by atoms with E-state index in [2.05, 4.69) is 5.32 Å². The monoisotopic (exact) mass is 305 g/mol. The minimum atomic E-state index is -0.233. The van der Waals surface area contributed by atoms with Crippen LogP contribution in [0.1, 0.15) is 11.7 Å². The maximum Gasteiger partial charge on any atom is 0.151 e. The fourth-order valence-electron chi connectivity index (χ4n) is 2.19. The molecule has 112 valence electrons. The quantitative estimate of drug-likeness (QED) is 0.846. The lowest BCUT2D eigenvalue weighted by atomic mass is 10.0. The van der Waals surface area contributed by atoms with Crippen molar-refractivity contribution in [3.05, 3.63) is 65.2 Å². The lowest BCUT2D eigenvalue weighted by molar-refractivity contribution is 0.00264. The van der Waals surface area contributed by atoms with Crippen molar-refractivity contribution < 1.29 is 9.47 Å². The first-order valence-electron chi connectivity index (χ1n) is 6.89. The van der Waals surface area contributed by atoms with Crippen LogP contribution in [0, 0.1) is 0 Å². The molecular formula is C17H20ClNO2. The maximum absolute atomic E-state index is 6.20. The third kappa shape index (κ3) is 4.21. The van der Waals surface area contributed by atoms with Crippen molar-refractivity contribution in [3.8, 4) is 5.75 Å². The number of hydrogen-bond acceptors (Lipinski definition) is 3. The van der Waals surface area contributed by atoms with Gasteiger partial charge < -0.3 is 14.8 Å². The van der Waals surface area contributed by atoms with Gasteiger partial charge in [-0.3, -0.25) is 0 Å². The van der Waals surface area contributed by atoms with Crippen LogP contribution in [0.25, 0.3) is 0 Å². The topological polar surface area (TPSA) is 30.5 Å². The van der Waals surface area contributed by atoms with Gasteiger partial charge in [-0.1, -0.05) is 54.1 Å². The average Bonchev–Trinajstić information content (AvgIpc) is 2.53. The van der Waals surface area contributed by atoms with Gasteiger partial charge in [0.1, 0.15) is 11.9 Å². The van der Waals surface area contributed by atoms with Crippen LogP contribution in [-0.4, -0.2) is 26.8 Å². The lowest BCUT2D eigenvalue weighted by Crippen LogP contribution is -2.34. The molecule has 0 fully saturated rings. The van der Waals surface area contributed by atoms with E-state index in [1.165, 1.54) is 0 Å². The number of halogens is 1. The van der Waals surface area contributed by atoms with Crippen LogP contribution >= 0.6 is 11.6 Å². The Labute approximate surface area is 130 Å². The number of rotatable bonds is 7. The van der Waals surface area contributed by atoms with E-state index in [1.807, 2.05) is 61.6 Å². The zero-order chi connectivity index (χ0) is 15.1. The minimum Gasteiger partial charge on any atom is -0.481 e. The summed E-state index contributed by atoms with van der Waals surface area (Å²) in [7, 11) is 3.58. The molecule has 0 aliphatic carbocycles. The number of ether oxygens (including phenoxy) is 2. The molecule has 0 aliphatic rings. The van der Waals surface area contributed by atoms with Crippen LogP contribution < -0.4 is 10.1 Å². The summed E-state index contributed by atoms with van der Waals surface area (Å²) in [6, 6.07) is 17.5. The molecule has 2 aromatic carbocycles. The first-order valence-corrected chi connectivity index (χ1v) is 7.27. The second kappa shape index (κ2) is 8.03. The Morgan fingerprint density at radius 1 is 1.05 bits per heavy atom. The minimum absolute atomic E-state index is 0.117. The highest BCUT2D eigenvalue weighted by atomic mass is 35.5. The third-order valence-corrected chi connectivity index (χ3v) is 3.58. The van der Waals surface area contributed by atoms with E-state index in [1.54, 1.807) is 7.11 Å². The summed E-state index contributed by atoms with van der Waals surface area (Å²) < 4.78 is 11.7. The first kappa shape index (κ1) is 15.8. The molecule has 0 spiro atoms. The largest absolute Gasteiger partial charge is 0.481 e. The molecular weight excluding hydrogens is 286 g/mol. The normalized spacial score (nSPS) is 13.7. The Morgan fingerprint density at radius 2 is 1.71 bits per heavy atom. The van der Waals surface area contributed by atoms with Gasteiger partial charge in [0.15, 0.2) is 6.10 Å². The van der Waals surface area contributed by atoms with Gasteiger partial charge in [0.05, 0.1) is 5.02 Å². The van der Waals surface area contributed by atoms with Crippen LogP contribution in [0.5, 0.6) is 5.75 Å². The van der Waals surface area contributed by atoms with E-state index in [0.29, 0.717) is 17.3 Å². The van der Waals surface area contributed by atoms with Crippen molar-refractivity contribution in [2.45, 2.75) is 12.2 Å². The molecule has 0 radical (unpaired) electrons. The molecule has 0 heterocycles. The zero-order valence-electron chi connectivity index (χ0n) is 12.3. The summed E-state index contributed by atoms with van der Waals surface area (Å²) in [5.74, 6) is 0.658. The molecule has 0 aromatic heterocycles. The van der Waals surface area contributed by atoms with Gasteiger partial charge in [-0.05, 0) is 24.7 Å². The highest BCUT2D eigenvalue weighted by molar-refractivity contribution is 6.32. The van der Waals surface area contributed by atoms with E-state index in [9.17, 15) is 0 Å². The van der Waals surface area contributed by atoms with Crippen LogP contribution in [-0.2, 0) is 4.74 Å². The Hall–Kier alpha value is -1.55. The highest BCUT2D eigenvalue weighted by Crippen LogP contribution is 2.31. The van der Waals surface area contributed by atoms with E-state index in [-0.39, 0.29) is 12.2 Å². The summed E-state index contributed by atoms with van der Waals surface area (Å²) in [5, 5.41) is 3.73. The molecule has 0 aliphatic heterocycles. The molecule has 3 nitrogen and oxygen atoms in total. The standard InChI is InChI=1S/C17H20ClNO2/c1-19-12-16(20-2)17(13-8-4-3-5-9-13)21-15-11-7-6-10-14(15)18/h3-11,16-17,19H,12H2,1-2H3. The zero-order valence-corrected chi connectivity index (χ0v) is 13.0. The van der Waals surface area contributed by atoms with Crippen molar-refractivity contribution in [2.75, 3.05) is 20.7 Å². The van der Waals surface area contributed by atoms with Crippen molar-refractivity contribution in [1.82, 2.24) is 5.32 Å². The smallest absolute Gasteiger partial charge is 0.151 e. The molecule has 4 heteroatoms. The molecule has 0 saturated heterocycles. The maximum atomic E-state index is 6.20. The molecule has 1 N–H and O–H groups in total. The molecule has 21 heavy (non-hydrogen) atoms. The van der Waals surface area contributed by atoms with E-state index >= 15 is 0 Å². The Kier molecular flexibility index (Phi) is 6.05. The Balaban J connectivity index is 2.30. The van der Waals surface area contributed by atoms with Gasteiger partial charge in [0, 0.05) is 13.7 Å². The van der Waals surface area contributed by atoms with E-state index in [0.717, 1.165) is 5.56 Å². The predicted molar refractivity (Wildman–Crippen MR) is 86.0 cm³/mol. The predicted octanol–water partition coefficient (Wildman–Crippen LogP) is 3.69.